The number of halogens is 2. The maximum atomic E-state index is 13.9. The highest BCUT2D eigenvalue weighted by Gasteiger charge is 2.13. The maximum absolute atomic E-state index is 13.9. The summed E-state index contributed by atoms with van der Waals surface area (Å²) in [7, 11) is 0. The Morgan fingerprint density at radius 1 is 1.30 bits per heavy atom. The van der Waals surface area contributed by atoms with Crippen LogP contribution in [0.2, 0.25) is 0 Å². The molecule has 0 fully saturated rings. The lowest BCUT2D eigenvalue weighted by atomic mass is 10.2. The molecule has 23 heavy (non-hydrogen) atoms. The first-order valence-corrected chi connectivity index (χ1v) is 7.93. The number of H-pyrrole nitrogens is 1. The van der Waals surface area contributed by atoms with Crippen molar-refractivity contribution in [3.8, 4) is 0 Å². The van der Waals surface area contributed by atoms with Gasteiger partial charge in [0.25, 0.3) is 5.91 Å². The van der Waals surface area contributed by atoms with Crippen LogP contribution in [0, 0.1) is 9.39 Å². The molecule has 1 amide bonds. The van der Waals surface area contributed by atoms with Crippen LogP contribution in [0.5, 0.6) is 0 Å². The highest BCUT2D eigenvalue weighted by molar-refractivity contribution is 14.1. The maximum Gasteiger partial charge on any atom is 0.254 e. The Balaban J connectivity index is 2.28. The number of aromatic nitrogens is 1. The van der Waals surface area contributed by atoms with Crippen LogP contribution in [0.4, 0.5) is 15.8 Å². The molecule has 0 spiro atoms. The van der Waals surface area contributed by atoms with Crippen LogP contribution in [0.25, 0.3) is 0 Å². The summed E-state index contributed by atoms with van der Waals surface area (Å²) in [6.45, 7) is 0.261. The minimum absolute atomic E-state index is 0.0368. The van der Waals surface area contributed by atoms with Crippen molar-refractivity contribution in [2.45, 2.75) is 6.42 Å². The fourth-order valence-corrected chi connectivity index (χ4v) is 2.33. The van der Waals surface area contributed by atoms with Crippen molar-refractivity contribution in [2.75, 3.05) is 18.5 Å². The molecule has 122 valence electrons. The Morgan fingerprint density at radius 2 is 2.09 bits per heavy atom. The summed E-state index contributed by atoms with van der Waals surface area (Å²) in [5.74, 6) is -0.910. The molecule has 0 saturated heterocycles. The van der Waals surface area contributed by atoms with Gasteiger partial charge < -0.3 is 20.7 Å². The van der Waals surface area contributed by atoms with Crippen molar-refractivity contribution < 1.29 is 14.3 Å². The van der Waals surface area contributed by atoms with E-state index in [2.05, 4.69) is 15.6 Å². The number of aromatic amines is 1. The van der Waals surface area contributed by atoms with E-state index in [0.717, 1.165) is 3.57 Å². The molecule has 1 aromatic carbocycles. The number of carbonyl (C=O) groups is 1. The topological polar surface area (TPSA) is 94.2 Å². The van der Waals surface area contributed by atoms with Crippen molar-refractivity contribution >= 4 is 39.9 Å². The SMILES string of the molecule is O=C(NCCCO)c1c[nH]c(=O)cc1Nc1ccc(I)cc1F. The lowest BCUT2D eigenvalue weighted by molar-refractivity contribution is 0.0951. The highest BCUT2D eigenvalue weighted by Crippen LogP contribution is 2.23. The summed E-state index contributed by atoms with van der Waals surface area (Å²) >= 11 is 1.99. The van der Waals surface area contributed by atoms with Crippen molar-refractivity contribution in [3.63, 3.8) is 0 Å². The van der Waals surface area contributed by atoms with Crippen LogP contribution in [0.15, 0.2) is 35.3 Å². The zero-order valence-electron chi connectivity index (χ0n) is 12.0. The Labute approximate surface area is 145 Å². The molecule has 0 bridgehead atoms. The first-order valence-electron chi connectivity index (χ1n) is 6.85. The fourth-order valence-electron chi connectivity index (χ4n) is 1.87. The van der Waals surface area contributed by atoms with Gasteiger partial charge in [0, 0.05) is 29.0 Å². The van der Waals surface area contributed by atoms with E-state index in [1.54, 1.807) is 6.07 Å². The largest absolute Gasteiger partial charge is 0.396 e. The molecule has 0 radical (unpaired) electrons. The molecule has 8 heteroatoms. The number of aliphatic hydroxyl groups excluding tert-OH is 1. The van der Waals surface area contributed by atoms with E-state index in [1.165, 1.54) is 24.4 Å². The third-order valence-electron chi connectivity index (χ3n) is 2.99. The minimum atomic E-state index is -0.483. The van der Waals surface area contributed by atoms with Gasteiger partial charge in [-0.15, -0.1) is 0 Å². The van der Waals surface area contributed by atoms with E-state index in [4.69, 9.17) is 5.11 Å². The second-order valence-electron chi connectivity index (χ2n) is 4.71. The first kappa shape index (κ1) is 17.4. The molecule has 0 saturated carbocycles. The summed E-state index contributed by atoms with van der Waals surface area (Å²) < 4.78 is 14.7. The minimum Gasteiger partial charge on any atom is -0.396 e. The van der Waals surface area contributed by atoms with E-state index in [0.29, 0.717) is 13.0 Å². The van der Waals surface area contributed by atoms with E-state index in [-0.39, 0.29) is 23.5 Å². The van der Waals surface area contributed by atoms with Gasteiger partial charge in [-0.05, 0) is 47.2 Å². The Morgan fingerprint density at radius 3 is 2.78 bits per heavy atom. The Hall–Kier alpha value is -1.94. The number of rotatable bonds is 6. The smallest absolute Gasteiger partial charge is 0.254 e. The number of anilines is 2. The van der Waals surface area contributed by atoms with Gasteiger partial charge in [-0.1, -0.05) is 0 Å². The predicted molar refractivity (Wildman–Crippen MR) is 93.5 cm³/mol. The van der Waals surface area contributed by atoms with E-state index in [9.17, 15) is 14.0 Å². The lowest BCUT2D eigenvalue weighted by Gasteiger charge is -2.12. The van der Waals surface area contributed by atoms with Gasteiger partial charge in [0.15, 0.2) is 0 Å². The molecule has 0 aliphatic heterocycles. The van der Waals surface area contributed by atoms with Crippen LogP contribution in [-0.2, 0) is 0 Å². The van der Waals surface area contributed by atoms with Gasteiger partial charge in [0.2, 0.25) is 5.56 Å². The number of pyridine rings is 1. The van der Waals surface area contributed by atoms with E-state index < -0.39 is 17.3 Å². The van der Waals surface area contributed by atoms with Crippen LogP contribution in [-0.4, -0.2) is 29.1 Å². The number of benzene rings is 1. The zero-order valence-corrected chi connectivity index (χ0v) is 14.2. The normalized spacial score (nSPS) is 10.4. The predicted octanol–water partition coefficient (Wildman–Crippen LogP) is 1.97. The van der Waals surface area contributed by atoms with Crippen molar-refractivity contribution in [2.24, 2.45) is 0 Å². The monoisotopic (exact) mass is 431 g/mol. The van der Waals surface area contributed by atoms with Crippen molar-refractivity contribution in [1.82, 2.24) is 10.3 Å². The number of nitrogens with one attached hydrogen (secondary N) is 3. The summed E-state index contributed by atoms with van der Waals surface area (Å²) in [5, 5.41) is 14.1. The quantitative estimate of drug-likeness (QED) is 0.416. The van der Waals surface area contributed by atoms with Crippen LogP contribution < -0.4 is 16.2 Å². The molecule has 0 unspecified atom stereocenters. The molecule has 1 aromatic heterocycles. The summed E-state index contributed by atoms with van der Waals surface area (Å²) in [6.07, 6.45) is 1.69. The summed E-state index contributed by atoms with van der Waals surface area (Å²) in [6, 6.07) is 5.78. The number of amides is 1. The summed E-state index contributed by atoms with van der Waals surface area (Å²) in [5.41, 5.74) is 0.140. The highest BCUT2D eigenvalue weighted by atomic mass is 127. The van der Waals surface area contributed by atoms with Crippen molar-refractivity contribution in [1.29, 1.82) is 0 Å². The molecule has 2 rings (SSSR count). The second-order valence-corrected chi connectivity index (χ2v) is 5.95. The molecule has 0 atom stereocenters. The molecule has 2 aromatic rings. The second kappa shape index (κ2) is 8.06. The molecule has 6 nitrogen and oxygen atoms in total. The van der Waals surface area contributed by atoms with Crippen molar-refractivity contribution in [3.05, 3.63) is 55.8 Å². The number of hydrogen-bond donors (Lipinski definition) is 4. The van der Waals surface area contributed by atoms with E-state index in [1.807, 2.05) is 22.6 Å². The Kier molecular flexibility index (Phi) is 6.11. The fraction of sp³-hybridized carbons (Fsp3) is 0.200. The van der Waals surface area contributed by atoms with Gasteiger partial charge in [-0.3, -0.25) is 9.59 Å². The number of carbonyl (C=O) groups excluding carboxylic acids is 1. The molecule has 0 aliphatic rings. The first-order chi connectivity index (χ1) is 11.0. The standard InChI is InChI=1S/C15H15FIN3O3/c16-11-6-9(17)2-3-12(11)20-13-7-14(22)19-8-10(13)15(23)18-4-1-5-21/h2-3,6-8,21H,1,4-5H2,(H,18,23)(H2,19,20,22). The number of hydrogen-bond acceptors (Lipinski definition) is 4. The third-order valence-corrected chi connectivity index (χ3v) is 3.66. The van der Waals surface area contributed by atoms with Gasteiger partial charge >= 0.3 is 0 Å². The van der Waals surface area contributed by atoms with Crippen LogP contribution >= 0.6 is 22.6 Å². The molecule has 4 N–H and O–H groups in total. The average molecular weight is 431 g/mol. The summed E-state index contributed by atoms with van der Waals surface area (Å²) in [4.78, 5) is 26.1. The lowest BCUT2D eigenvalue weighted by Crippen LogP contribution is -2.26. The molecular formula is C15H15FIN3O3. The van der Waals surface area contributed by atoms with E-state index >= 15 is 0 Å². The third kappa shape index (κ3) is 4.76. The number of aliphatic hydroxyl groups is 1. The molecule has 1 heterocycles. The van der Waals surface area contributed by atoms with Gasteiger partial charge in [-0.2, -0.15) is 0 Å². The zero-order chi connectivity index (χ0) is 16.8. The van der Waals surface area contributed by atoms with Gasteiger partial charge in [0.05, 0.1) is 16.9 Å². The Bertz CT molecular complexity index is 764. The van der Waals surface area contributed by atoms with Gasteiger partial charge in [0.1, 0.15) is 5.82 Å². The van der Waals surface area contributed by atoms with Crippen LogP contribution in [0.3, 0.4) is 0 Å². The molecular weight excluding hydrogens is 416 g/mol. The van der Waals surface area contributed by atoms with Gasteiger partial charge in [-0.25, -0.2) is 4.39 Å². The average Bonchev–Trinajstić information content (AvgIpc) is 2.50. The molecule has 0 aliphatic carbocycles. The van der Waals surface area contributed by atoms with Crippen LogP contribution in [0.1, 0.15) is 16.8 Å².